The van der Waals surface area contributed by atoms with Gasteiger partial charge in [-0.1, -0.05) is 25.1 Å². The molecule has 0 aliphatic rings. The lowest BCUT2D eigenvalue weighted by Crippen LogP contribution is -2.00. The lowest BCUT2D eigenvalue weighted by atomic mass is 9.99. The van der Waals surface area contributed by atoms with Gasteiger partial charge < -0.3 is 15.2 Å². The zero-order valence-corrected chi connectivity index (χ0v) is 16.3. The number of fused-ring (bicyclic) bond motifs is 2. The van der Waals surface area contributed by atoms with Gasteiger partial charge in [-0.25, -0.2) is 0 Å². The van der Waals surface area contributed by atoms with Crippen LogP contribution >= 0.6 is 0 Å². The number of hydrogen-bond donors (Lipinski definition) is 1. The second-order valence-electron chi connectivity index (χ2n) is 6.73. The first-order valence-corrected chi connectivity index (χ1v) is 9.31. The second kappa shape index (κ2) is 7.35. The van der Waals surface area contributed by atoms with E-state index < -0.39 is 0 Å². The van der Waals surface area contributed by atoms with Crippen molar-refractivity contribution < 1.29 is 9.47 Å². The average molecular weight is 373 g/mol. The van der Waals surface area contributed by atoms with Gasteiger partial charge in [-0.2, -0.15) is 0 Å². The van der Waals surface area contributed by atoms with E-state index in [1.807, 2.05) is 42.6 Å². The van der Waals surface area contributed by atoms with Gasteiger partial charge in [-0.15, -0.1) is 0 Å². The molecule has 0 radical (unpaired) electrons. The van der Waals surface area contributed by atoms with Crippen LogP contribution in [0.3, 0.4) is 0 Å². The number of rotatable bonds is 5. The van der Waals surface area contributed by atoms with Crippen LogP contribution in [0.1, 0.15) is 23.9 Å². The van der Waals surface area contributed by atoms with Crippen LogP contribution in [0, 0.1) is 0 Å². The summed E-state index contributed by atoms with van der Waals surface area (Å²) >= 11 is 0. The molecule has 0 amide bonds. The van der Waals surface area contributed by atoms with Gasteiger partial charge in [0.2, 0.25) is 0 Å². The summed E-state index contributed by atoms with van der Waals surface area (Å²) in [5, 5.41) is 3.23. The molecule has 4 rings (SSSR count). The molecule has 0 atom stereocenters. The van der Waals surface area contributed by atoms with Gasteiger partial charge in [0.05, 0.1) is 25.4 Å². The Kier molecular flexibility index (Phi) is 4.74. The zero-order valence-electron chi connectivity index (χ0n) is 16.3. The van der Waals surface area contributed by atoms with Crippen molar-refractivity contribution in [2.24, 2.45) is 0 Å². The number of hydrogen-bond acceptors (Lipinski definition) is 5. The van der Waals surface area contributed by atoms with Gasteiger partial charge in [0.1, 0.15) is 0 Å². The first-order chi connectivity index (χ1) is 13.6. The molecule has 2 aromatic carbocycles. The summed E-state index contributed by atoms with van der Waals surface area (Å²) in [6.07, 6.45) is 3.44. The fourth-order valence-corrected chi connectivity index (χ4v) is 3.60. The number of nitrogens with zero attached hydrogens (tertiary/aromatic N) is 2. The van der Waals surface area contributed by atoms with Crippen LogP contribution in [0.15, 0.2) is 48.7 Å². The Hall–Kier alpha value is -3.34. The minimum Gasteiger partial charge on any atom is -0.493 e. The Labute approximate surface area is 164 Å². The van der Waals surface area contributed by atoms with Crippen molar-refractivity contribution in [3.05, 3.63) is 65.6 Å². The number of nitrogens with two attached hydrogens (primary N) is 1. The summed E-state index contributed by atoms with van der Waals surface area (Å²) in [6, 6.07) is 14.0. The van der Waals surface area contributed by atoms with Crippen molar-refractivity contribution in [2.75, 3.05) is 20.0 Å². The van der Waals surface area contributed by atoms with E-state index in [2.05, 4.69) is 18.0 Å². The number of pyridine rings is 2. The van der Waals surface area contributed by atoms with Crippen LogP contribution in [0.25, 0.3) is 21.7 Å². The van der Waals surface area contributed by atoms with Crippen molar-refractivity contribution in [3.63, 3.8) is 0 Å². The smallest absolute Gasteiger partial charge is 0.161 e. The third kappa shape index (κ3) is 3.09. The molecule has 4 aromatic rings. The molecule has 2 aromatic heterocycles. The molecule has 142 valence electrons. The third-order valence-electron chi connectivity index (χ3n) is 5.07. The number of para-hydroxylation sites is 1. The van der Waals surface area contributed by atoms with Gasteiger partial charge in [0.25, 0.3) is 0 Å². The van der Waals surface area contributed by atoms with Crippen LogP contribution in [0.2, 0.25) is 0 Å². The van der Waals surface area contributed by atoms with E-state index in [0.717, 1.165) is 45.0 Å². The van der Waals surface area contributed by atoms with E-state index in [1.54, 1.807) is 14.2 Å². The summed E-state index contributed by atoms with van der Waals surface area (Å²) < 4.78 is 11.0. The molecule has 2 N–H and O–H groups in total. The standard InChI is InChI=1S/C23H23N3O2/c1-4-20-18-12-22(28-3)21(27-2)11-17(18)15(13-25-20)10-16-9-8-14-6-5-7-19(24)23(14)26-16/h5-9,11-13H,4,10,24H2,1-3H3. The molecule has 0 bridgehead atoms. The van der Waals surface area contributed by atoms with Crippen molar-refractivity contribution in [2.45, 2.75) is 19.8 Å². The summed E-state index contributed by atoms with van der Waals surface area (Å²) in [5.74, 6) is 1.42. The lowest BCUT2D eigenvalue weighted by Gasteiger charge is -2.14. The molecule has 0 aliphatic carbocycles. The maximum Gasteiger partial charge on any atom is 0.161 e. The number of aromatic nitrogens is 2. The first kappa shape index (κ1) is 18.0. The fraction of sp³-hybridized carbons (Fsp3) is 0.217. The number of nitrogen functional groups attached to an aromatic ring is 1. The van der Waals surface area contributed by atoms with E-state index >= 15 is 0 Å². The molecule has 0 saturated heterocycles. The first-order valence-electron chi connectivity index (χ1n) is 9.31. The topological polar surface area (TPSA) is 70.3 Å². The number of ether oxygens (including phenoxy) is 2. The number of methoxy groups -OCH3 is 2. The van der Waals surface area contributed by atoms with Gasteiger partial charge in [-0.3, -0.25) is 9.97 Å². The molecule has 2 heterocycles. The largest absolute Gasteiger partial charge is 0.493 e. The van der Waals surface area contributed by atoms with Gasteiger partial charge in [0.15, 0.2) is 11.5 Å². The predicted molar refractivity (Wildman–Crippen MR) is 113 cm³/mol. The van der Waals surface area contributed by atoms with Crippen molar-refractivity contribution in [3.8, 4) is 11.5 Å². The highest BCUT2D eigenvalue weighted by Crippen LogP contribution is 2.35. The summed E-state index contributed by atoms with van der Waals surface area (Å²) in [7, 11) is 3.30. The number of anilines is 1. The second-order valence-corrected chi connectivity index (χ2v) is 6.73. The highest BCUT2D eigenvalue weighted by molar-refractivity contribution is 5.91. The third-order valence-corrected chi connectivity index (χ3v) is 5.07. The normalized spacial score (nSPS) is 11.1. The van der Waals surface area contributed by atoms with Gasteiger partial charge in [0, 0.05) is 34.8 Å². The summed E-state index contributed by atoms with van der Waals surface area (Å²) in [4.78, 5) is 9.47. The van der Waals surface area contributed by atoms with Crippen LogP contribution < -0.4 is 15.2 Å². The van der Waals surface area contributed by atoms with Crippen molar-refractivity contribution >= 4 is 27.4 Å². The Morgan fingerprint density at radius 3 is 2.43 bits per heavy atom. The van der Waals surface area contributed by atoms with Crippen LogP contribution in [0.5, 0.6) is 11.5 Å². The monoisotopic (exact) mass is 373 g/mol. The van der Waals surface area contributed by atoms with Crippen molar-refractivity contribution in [1.29, 1.82) is 0 Å². The Morgan fingerprint density at radius 2 is 1.71 bits per heavy atom. The molecular weight excluding hydrogens is 350 g/mol. The summed E-state index contributed by atoms with van der Waals surface area (Å²) in [5.41, 5.74) is 10.7. The fourth-order valence-electron chi connectivity index (χ4n) is 3.60. The highest BCUT2D eigenvalue weighted by atomic mass is 16.5. The maximum absolute atomic E-state index is 6.11. The average Bonchev–Trinajstić information content (AvgIpc) is 2.73. The molecule has 0 unspecified atom stereocenters. The van der Waals surface area contributed by atoms with E-state index in [1.165, 1.54) is 0 Å². The van der Waals surface area contributed by atoms with E-state index in [4.69, 9.17) is 20.2 Å². The molecule has 0 aliphatic heterocycles. The van der Waals surface area contributed by atoms with Crippen LogP contribution in [0.4, 0.5) is 5.69 Å². The highest BCUT2D eigenvalue weighted by Gasteiger charge is 2.14. The minimum absolute atomic E-state index is 0.660. The van der Waals surface area contributed by atoms with Crippen molar-refractivity contribution in [1.82, 2.24) is 9.97 Å². The van der Waals surface area contributed by atoms with Crippen LogP contribution in [-0.2, 0) is 12.8 Å². The Morgan fingerprint density at radius 1 is 0.964 bits per heavy atom. The summed E-state index contributed by atoms with van der Waals surface area (Å²) in [6.45, 7) is 2.10. The zero-order chi connectivity index (χ0) is 19.7. The SMILES string of the molecule is CCc1ncc(Cc2ccc3cccc(N)c3n2)c2cc(OC)c(OC)cc12. The quantitative estimate of drug-likeness (QED) is 0.520. The van der Waals surface area contributed by atoms with E-state index in [-0.39, 0.29) is 0 Å². The Bertz CT molecular complexity index is 1170. The molecule has 0 fully saturated rings. The maximum atomic E-state index is 6.11. The minimum atomic E-state index is 0.660. The molecule has 28 heavy (non-hydrogen) atoms. The number of aryl methyl sites for hydroxylation is 1. The predicted octanol–water partition coefficient (Wildman–Crippen LogP) is 4.54. The molecule has 5 nitrogen and oxygen atoms in total. The number of benzene rings is 2. The molecule has 0 spiro atoms. The molecule has 5 heteroatoms. The molecular formula is C23H23N3O2. The van der Waals surface area contributed by atoms with E-state index in [0.29, 0.717) is 23.6 Å². The lowest BCUT2D eigenvalue weighted by molar-refractivity contribution is 0.356. The van der Waals surface area contributed by atoms with Crippen LogP contribution in [-0.4, -0.2) is 24.2 Å². The van der Waals surface area contributed by atoms with Gasteiger partial charge in [-0.05, 0) is 41.6 Å². The molecule has 0 saturated carbocycles. The van der Waals surface area contributed by atoms with E-state index in [9.17, 15) is 0 Å². The van der Waals surface area contributed by atoms with Gasteiger partial charge >= 0.3 is 0 Å². The Balaban J connectivity index is 1.85.